The van der Waals surface area contributed by atoms with Crippen molar-refractivity contribution in [2.45, 2.75) is 87.6 Å². The summed E-state index contributed by atoms with van der Waals surface area (Å²) in [6, 6.07) is 4.79. The quantitative estimate of drug-likeness (QED) is 0.316. The largest absolute Gasteiger partial charge is 0.388 e. The van der Waals surface area contributed by atoms with Gasteiger partial charge in [0.15, 0.2) is 0 Å². The van der Waals surface area contributed by atoms with E-state index in [9.17, 15) is 24.5 Å². The highest BCUT2D eigenvalue weighted by Gasteiger charge is 2.48. The molecule has 1 aromatic carbocycles. The van der Waals surface area contributed by atoms with Crippen LogP contribution in [0.2, 0.25) is 0 Å². The standard InChI is InChI=1S/C25H40FN3O5S/c1-5-6-16-11-18(29(3)13-16)24(33)28-19(14(2)27-12-15-7-9-17(26)10-8-15)23-21(31)20(30)22(32)25(34-23)35-4/h7-10,14,16,18-23,25,27,30-32H,5-6,11-13H2,1-4H3,(H,28,33)/t14-,16+,18-,19+,20?,21?,22?,23?,25?/m0/s1. The molecular weight excluding hydrogens is 473 g/mol. The zero-order valence-corrected chi connectivity index (χ0v) is 21.7. The van der Waals surface area contributed by atoms with E-state index < -0.39 is 35.9 Å². The van der Waals surface area contributed by atoms with Gasteiger partial charge in [0.1, 0.15) is 35.7 Å². The molecule has 2 aliphatic heterocycles. The van der Waals surface area contributed by atoms with Crippen LogP contribution in [0.1, 0.15) is 38.7 Å². The number of likely N-dealkylation sites (tertiary alicyclic amines) is 1. The fraction of sp³-hybridized carbons (Fsp3) is 0.720. The predicted molar refractivity (Wildman–Crippen MR) is 134 cm³/mol. The van der Waals surface area contributed by atoms with Gasteiger partial charge in [-0.15, -0.1) is 11.8 Å². The van der Waals surface area contributed by atoms with Crippen molar-refractivity contribution in [3.63, 3.8) is 0 Å². The number of benzene rings is 1. The Morgan fingerprint density at radius 1 is 1.23 bits per heavy atom. The summed E-state index contributed by atoms with van der Waals surface area (Å²) in [5.41, 5.74) is 0.119. The van der Waals surface area contributed by atoms with E-state index in [-0.39, 0.29) is 23.8 Å². The van der Waals surface area contributed by atoms with Gasteiger partial charge in [-0.3, -0.25) is 9.69 Å². The van der Waals surface area contributed by atoms with Crippen molar-refractivity contribution < 1.29 is 29.2 Å². The van der Waals surface area contributed by atoms with Crippen LogP contribution in [0.25, 0.3) is 0 Å². The lowest BCUT2D eigenvalue weighted by atomic mass is 9.90. The van der Waals surface area contributed by atoms with Gasteiger partial charge in [-0.1, -0.05) is 25.5 Å². The fourth-order valence-corrected chi connectivity index (χ4v) is 5.83. The summed E-state index contributed by atoms with van der Waals surface area (Å²) in [5.74, 6) is -0.00499. The number of hydrogen-bond donors (Lipinski definition) is 5. The Hall–Kier alpha value is -1.27. The first-order chi connectivity index (χ1) is 16.7. The summed E-state index contributed by atoms with van der Waals surface area (Å²) in [6.07, 6.45) is -0.325. The molecule has 35 heavy (non-hydrogen) atoms. The molecule has 9 atom stereocenters. The third kappa shape index (κ3) is 6.94. The molecule has 5 N–H and O–H groups in total. The molecule has 0 spiro atoms. The van der Waals surface area contributed by atoms with Gasteiger partial charge in [-0.2, -0.15) is 0 Å². The normalized spacial score (nSPS) is 33.4. The van der Waals surface area contributed by atoms with Crippen LogP contribution in [0.4, 0.5) is 4.39 Å². The monoisotopic (exact) mass is 513 g/mol. The first kappa shape index (κ1) is 28.3. The second kappa shape index (κ2) is 12.8. The highest BCUT2D eigenvalue weighted by atomic mass is 32.2. The van der Waals surface area contributed by atoms with Crippen LogP contribution in [0.3, 0.4) is 0 Å². The first-order valence-corrected chi connectivity index (χ1v) is 13.7. The minimum absolute atomic E-state index is 0.149. The Kier molecular flexibility index (Phi) is 10.4. The van der Waals surface area contributed by atoms with E-state index in [1.165, 1.54) is 23.9 Å². The second-order valence-electron chi connectivity index (χ2n) is 9.85. The number of aliphatic hydroxyl groups excluding tert-OH is 3. The van der Waals surface area contributed by atoms with Gasteiger partial charge < -0.3 is 30.7 Å². The number of nitrogens with zero attached hydrogens (tertiary/aromatic N) is 1. The average Bonchev–Trinajstić information content (AvgIpc) is 3.21. The molecule has 8 nitrogen and oxygen atoms in total. The lowest BCUT2D eigenvalue weighted by Gasteiger charge is -2.45. The molecule has 0 bridgehead atoms. The number of nitrogens with one attached hydrogen (secondary N) is 2. The van der Waals surface area contributed by atoms with Crippen LogP contribution < -0.4 is 10.6 Å². The van der Waals surface area contributed by atoms with Crippen molar-refractivity contribution in [3.05, 3.63) is 35.6 Å². The number of hydrogen-bond acceptors (Lipinski definition) is 8. The predicted octanol–water partition coefficient (Wildman–Crippen LogP) is 1.08. The lowest BCUT2D eigenvalue weighted by molar-refractivity contribution is -0.207. The summed E-state index contributed by atoms with van der Waals surface area (Å²) in [6.45, 7) is 5.28. The SMILES string of the molecule is CCC[C@@H]1C[C@@H](C(=O)N[C@@H](C2OC(SC)C(O)C(O)C2O)[C@H](C)NCc2ccc(F)cc2)N(C)C1. The van der Waals surface area contributed by atoms with Crippen molar-refractivity contribution in [3.8, 4) is 0 Å². The summed E-state index contributed by atoms with van der Waals surface area (Å²) >= 11 is 1.23. The molecule has 2 saturated heterocycles. The Labute approximate surface area is 211 Å². The van der Waals surface area contributed by atoms with E-state index in [0.717, 1.165) is 31.4 Å². The van der Waals surface area contributed by atoms with E-state index in [4.69, 9.17) is 4.74 Å². The van der Waals surface area contributed by atoms with Gasteiger partial charge in [0, 0.05) is 19.1 Å². The Bertz CT molecular complexity index is 817. The summed E-state index contributed by atoms with van der Waals surface area (Å²) in [7, 11) is 1.95. The highest BCUT2D eigenvalue weighted by Crippen LogP contribution is 2.30. The maximum atomic E-state index is 13.4. The van der Waals surface area contributed by atoms with Crippen LogP contribution in [-0.4, -0.2) is 94.0 Å². The molecule has 1 amide bonds. The average molecular weight is 514 g/mol. The van der Waals surface area contributed by atoms with Crippen LogP contribution in [-0.2, 0) is 16.1 Å². The van der Waals surface area contributed by atoms with Crippen LogP contribution in [0.15, 0.2) is 24.3 Å². The van der Waals surface area contributed by atoms with Crippen molar-refractivity contribution in [1.82, 2.24) is 15.5 Å². The van der Waals surface area contributed by atoms with E-state index in [1.807, 2.05) is 14.0 Å². The van der Waals surface area contributed by atoms with Gasteiger partial charge in [-0.25, -0.2) is 4.39 Å². The molecule has 3 rings (SSSR count). The summed E-state index contributed by atoms with van der Waals surface area (Å²) in [4.78, 5) is 15.5. The Morgan fingerprint density at radius 2 is 1.91 bits per heavy atom. The fourth-order valence-electron chi connectivity index (χ4n) is 5.15. The van der Waals surface area contributed by atoms with E-state index in [1.54, 1.807) is 18.4 Å². The summed E-state index contributed by atoms with van der Waals surface area (Å²) in [5, 5.41) is 38.0. The second-order valence-corrected chi connectivity index (χ2v) is 10.8. The van der Waals surface area contributed by atoms with Crippen molar-refractivity contribution in [2.75, 3.05) is 19.8 Å². The minimum atomic E-state index is -1.40. The van der Waals surface area contributed by atoms with Crippen LogP contribution in [0, 0.1) is 11.7 Å². The smallest absolute Gasteiger partial charge is 0.237 e. The highest BCUT2D eigenvalue weighted by molar-refractivity contribution is 7.99. The number of rotatable bonds is 10. The number of likely N-dealkylation sites (N-methyl/N-ethyl adjacent to an activating group) is 1. The maximum Gasteiger partial charge on any atom is 0.237 e. The number of carbonyl (C=O) groups excluding carboxylic acids is 1. The maximum absolute atomic E-state index is 13.4. The third-order valence-electron chi connectivity index (χ3n) is 7.22. The Balaban J connectivity index is 1.77. The molecular formula is C25H40FN3O5S. The molecule has 198 valence electrons. The molecule has 0 saturated carbocycles. The number of halogens is 1. The van der Waals surface area contributed by atoms with Gasteiger partial charge >= 0.3 is 0 Å². The van der Waals surface area contributed by atoms with Crippen molar-refractivity contribution in [1.29, 1.82) is 0 Å². The molecule has 2 aliphatic rings. The van der Waals surface area contributed by atoms with Crippen molar-refractivity contribution in [2.24, 2.45) is 5.92 Å². The zero-order chi connectivity index (χ0) is 25.7. The first-order valence-electron chi connectivity index (χ1n) is 12.4. The molecule has 0 radical (unpaired) electrons. The van der Waals surface area contributed by atoms with Crippen LogP contribution >= 0.6 is 11.8 Å². The molecule has 10 heteroatoms. The minimum Gasteiger partial charge on any atom is -0.388 e. The summed E-state index contributed by atoms with van der Waals surface area (Å²) < 4.78 is 19.3. The van der Waals surface area contributed by atoms with Crippen LogP contribution in [0.5, 0.6) is 0 Å². The molecule has 2 heterocycles. The van der Waals surface area contributed by atoms with Gasteiger partial charge in [-0.05, 0) is 56.7 Å². The molecule has 0 aliphatic carbocycles. The number of ether oxygens (including phenoxy) is 1. The topological polar surface area (TPSA) is 114 Å². The molecule has 0 aromatic heterocycles. The molecule has 1 aromatic rings. The number of amides is 1. The molecule has 5 unspecified atom stereocenters. The van der Waals surface area contributed by atoms with Gasteiger partial charge in [0.2, 0.25) is 5.91 Å². The van der Waals surface area contributed by atoms with E-state index in [2.05, 4.69) is 22.5 Å². The zero-order valence-electron chi connectivity index (χ0n) is 20.9. The Morgan fingerprint density at radius 3 is 2.54 bits per heavy atom. The van der Waals surface area contributed by atoms with E-state index in [0.29, 0.717) is 12.5 Å². The van der Waals surface area contributed by atoms with Crippen molar-refractivity contribution >= 4 is 17.7 Å². The van der Waals surface area contributed by atoms with Gasteiger partial charge in [0.05, 0.1) is 12.1 Å². The number of aliphatic hydroxyl groups is 3. The molecule has 2 fully saturated rings. The lowest BCUT2D eigenvalue weighted by Crippen LogP contribution is -2.67. The number of thioether (sulfide) groups is 1. The third-order valence-corrected chi connectivity index (χ3v) is 8.07. The number of carbonyl (C=O) groups is 1. The van der Waals surface area contributed by atoms with E-state index >= 15 is 0 Å². The van der Waals surface area contributed by atoms with Gasteiger partial charge in [0.25, 0.3) is 0 Å².